The maximum absolute atomic E-state index is 10.8. The molecule has 0 spiro atoms. The summed E-state index contributed by atoms with van der Waals surface area (Å²) in [5, 5.41) is 7.78. The first-order valence-electron chi connectivity index (χ1n) is 4.78. The Balaban J connectivity index is 2.17. The van der Waals surface area contributed by atoms with E-state index in [4.69, 9.17) is 0 Å². The molecule has 0 bridgehead atoms. The summed E-state index contributed by atoms with van der Waals surface area (Å²) in [4.78, 5) is 10.8. The van der Waals surface area contributed by atoms with E-state index in [9.17, 15) is 4.79 Å². The van der Waals surface area contributed by atoms with E-state index in [1.807, 2.05) is 18.2 Å². The summed E-state index contributed by atoms with van der Waals surface area (Å²) >= 11 is 0. The van der Waals surface area contributed by atoms with Gasteiger partial charge >= 0.3 is 5.97 Å². The third kappa shape index (κ3) is 2.20. The summed E-state index contributed by atoms with van der Waals surface area (Å²) in [6.07, 6.45) is 1.85. The van der Waals surface area contributed by atoms with Gasteiger partial charge in [-0.3, -0.25) is 9.89 Å². The molecule has 0 saturated carbocycles. The molecule has 1 N–H and O–H groups in total. The molecule has 16 heavy (non-hydrogen) atoms. The van der Waals surface area contributed by atoms with Crippen LogP contribution in [0.15, 0.2) is 24.4 Å². The van der Waals surface area contributed by atoms with Gasteiger partial charge in [0.15, 0.2) is 0 Å². The second-order valence-corrected chi connectivity index (χ2v) is 3.23. The van der Waals surface area contributed by atoms with Crippen LogP contribution in [0.4, 0.5) is 0 Å². The number of H-pyrrole nitrogens is 1. The second kappa shape index (κ2) is 4.49. The molecule has 0 unspecified atom stereocenters. The summed E-state index contributed by atoms with van der Waals surface area (Å²) in [6, 6.07) is 5.71. The van der Waals surface area contributed by atoms with Gasteiger partial charge in [0.2, 0.25) is 0 Å². The number of aromatic nitrogens is 2. The number of fused-ring (bicyclic) bond motifs is 1. The van der Waals surface area contributed by atoms with Crippen molar-refractivity contribution in [2.24, 2.45) is 0 Å². The van der Waals surface area contributed by atoms with E-state index < -0.39 is 0 Å². The number of nitrogens with zero attached hydrogens (tertiary/aromatic N) is 1. The van der Waals surface area contributed by atoms with Crippen LogP contribution in [0, 0.1) is 11.8 Å². The Hall–Kier alpha value is -2.28. The van der Waals surface area contributed by atoms with Crippen LogP contribution in [0.1, 0.15) is 12.0 Å². The van der Waals surface area contributed by atoms with Crippen LogP contribution in [0.3, 0.4) is 0 Å². The molecule has 4 nitrogen and oxygen atoms in total. The van der Waals surface area contributed by atoms with Gasteiger partial charge in [0.1, 0.15) is 6.42 Å². The number of ether oxygens (including phenoxy) is 1. The monoisotopic (exact) mass is 214 g/mol. The largest absolute Gasteiger partial charge is 0.468 e. The van der Waals surface area contributed by atoms with Crippen LogP contribution in [0.2, 0.25) is 0 Å². The van der Waals surface area contributed by atoms with Gasteiger partial charge in [0.05, 0.1) is 18.8 Å². The molecule has 0 amide bonds. The number of esters is 1. The van der Waals surface area contributed by atoms with Crippen molar-refractivity contribution in [1.82, 2.24) is 10.2 Å². The molecule has 0 aliphatic carbocycles. The summed E-state index contributed by atoms with van der Waals surface area (Å²) in [5.41, 5.74) is 1.83. The highest BCUT2D eigenvalue weighted by Crippen LogP contribution is 2.11. The highest BCUT2D eigenvalue weighted by Gasteiger charge is 1.96. The minimum atomic E-state index is -0.322. The van der Waals surface area contributed by atoms with Crippen LogP contribution in [-0.2, 0) is 9.53 Å². The molecule has 1 aromatic heterocycles. The molecule has 2 rings (SSSR count). The molecule has 0 atom stereocenters. The topological polar surface area (TPSA) is 55.0 Å². The Bertz CT molecular complexity index is 575. The lowest BCUT2D eigenvalue weighted by molar-refractivity contribution is -0.139. The molecular weight excluding hydrogens is 204 g/mol. The average molecular weight is 214 g/mol. The molecule has 2 aromatic rings. The Labute approximate surface area is 92.6 Å². The van der Waals surface area contributed by atoms with Crippen LogP contribution in [0.5, 0.6) is 0 Å². The van der Waals surface area contributed by atoms with Gasteiger partial charge in [-0.25, -0.2) is 0 Å². The van der Waals surface area contributed by atoms with E-state index in [0.717, 1.165) is 16.5 Å². The zero-order chi connectivity index (χ0) is 11.4. The van der Waals surface area contributed by atoms with E-state index in [-0.39, 0.29) is 12.4 Å². The fourth-order valence-corrected chi connectivity index (χ4v) is 1.31. The maximum atomic E-state index is 10.8. The number of rotatable bonds is 1. The van der Waals surface area contributed by atoms with E-state index >= 15 is 0 Å². The Kier molecular flexibility index (Phi) is 2.88. The number of aromatic amines is 1. The van der Waals surface area contributed by atoms with Crippen molar-refractivity contribution in [2.45, 2.75) is 6.42 Å². The van der Waals surface area contributed by atoms with Crippen molar-refractivity contribution in [2.75, 3.05) is 7.11 Å². The molecule has 4 heteroatoms. The zero-order valence-electron chi connectivity index (χ0n) is 8.78. The summed E-state index contributed by atoms with van der Waals surface area (Å²) in [5.74, 6) is 5.33. The van der Waals surface area contributed by atoms with Crippen LogP contribution in [-0.4, -0.2) is 23.3 Å². The van der Waals surface area contributed by atoms with Gasteiger partial charge < -0.3 is 4.74 Å². The normalized spacial score (nSPS) is 9.56. The number of carbonyl (C=O) groups is 1. The highest BCUT2D eigenvalue weighted by atomic mass is 16.5. The quantitative estimate of drug-likeness (QED) is 0.577. The minimum Gasteiger partial charge on any atom is -0.468 e. The fourth-order valence-electron chi connectivity index (χ4n) is 1.31. The second-order valence-electron chi connectivity index (χ2n) is 3.23. The van der Waals surface area contributed by atoms with Crippen LogP contribution >= 0.6 is 0 Å². The first-order chi connectivity index (χ1) is 7.79. The lowest BCUT2D eigenvalue weighted by Crippen LogP contribution is -1.96. The average Bonchev–Trinajstić information content (AvgIpc) is 2.76. The van der Waals surface area contributed by atoms with Crippen molar-refractivity contribution in [1.29, 1.82) is 0 Å². The van der Waals surface area contributed by atoms with Crippen molar-refractivity contribution in [3.63, 3.8) is 0 Å². The molecule has 1 aromatic carbocycles. The summed E-state index contributed by atoms with van der Waals surface area (Å²) in [7, 11) is 1.35. The third-order valence-corrected chi connectivity index (χ3v) is 2.13. The first-order valence-corrected chi connectivity index (χ1v) is 4.78. The predicted molar refractivity (Wildman–Crippen MR) is 59.6 cm³/mol. The molecule has 0 aliphatic heterocycles. The number of hydrogen-bond acceptors (Lipinski definition) is 3. The molecule has 1 heterocycles. The smallest absolute Gasteiger partial charge is 0.317 e. The molecule has 80 valence electrons. The Morgan fingerprint density at radius 3 is 3.25 bits per heavy atom. The standard InChI is InChI=1S/C12H10N2O2/c1-16-12(15)4-2-3-9-5-6-11-10(7-9)8-13-14-11/h5-8H,4H2,1H3,(H,13,14). The van der Waals surface area contributed by atoms with Gasteiger partial charge in [0, 0.05) is 10.9 Å². The van der Waals surface area contributed by atoms with E-state index in [2.05, 4.69) is 26.8 Å². The summed E-state index contributed by atoms with van der Waals surface area (Å²) in [6.45, 7) is 0. The third-order valence-electron chi connectivity index (χ3n) is 2.13. The van der Waals surface area contributed by atoms with Crippen molar-refractivity contribution >= 4 is 16.9 Å². The molecule has 0 saturated heterocycles. The highest BCUT2D eigenvalue weighted by molar-refractivity contribution is 5.79. The van der Waals surface area contributed by atoms with Crippen molar-refractivity contribution in [3.8, 4) is 11.8 Å². The van der Waals surface area contributed by atoms with Gasteiger partial charge in [-0.05, 0) is 18.2 Å². The summed E-state index contributed by atoms with van der Waals surface area (Å²) < 4.78 is 4.49. The van der Waals surface area contributed by atoms with Crippen LogP contribution in [0.25, 0.3) is 10.9 Å². The predicted octanol–water partition coefficient (Wildman–Crippen LogP) is 1.48. The molecular formula is C12H10N2O2. The Morgan fingerprint density at radius 1 is 1.56 bits per heavy atom. The van der Waals surface area contributed by atoms with Gasteiger partial charge in [-0.1, -0.05) is 11.8 Å². The van der Waals surface area contributed by atoms with Crippen LogP contribution < -0.4 is 0 Å². The SMILES string of the molecule is COC(=O)CC#Cc1ccc2[nH]ncc2c1. The van der Waals surface area contributed by atoms with E-state index in [0.29, 0.717) is 0 Å². The van der Waals surface area contributed by atoms with E-state index in [1.165, 1.54) is 7.11 Å². The van der Waals surface area contributed by atoms with Crippen molar-refractivity contribution < 1.29 is 9.53 Å². The zero-order valence-corrected chi connectivity index (χ0v) is 8.78. The van der Waals surface area contributed by atoms with Gasteiger partial charge in [-0.15, -0.1) is 0 Å². The number of methoxy groups -OCH3 is 1. The molecule has 0 fully saturated rings. The number of hydrogen-bond donors (Lipinski definition) is 1. The number of nitrogens with one attached hydrogen (secondary N) is 1. The first kappa shape index (κ1) is 10.2. The van der Waals surface area contributed by atoms with Gasteiger partial charge in [0.25, 0.3) is 0 Å². The fraction of sp³-hybridized carbons (Fsp3) is 0.167. The Morgan fingerprint density at radius 2 is 2.44 bits per heavy atom. The van der Waals surface area contributed by atoms with E-state index in [1.54, 1.807) is 6.20 Å². The lowest BCUT2D eigenvalue weighted by Gasteiger charge is -1.91. The minimum absolute atomic E-state index is 0.111. The maximum Gasteiger partial charge on any atom is 0.317 e. The van der Waals surface area contributed by atoms with Gasteiger partial charge in [-0.2, -0.15) is 5.10 Å². The number of carbonyl (C=O) groups excluding carboxylic acids is 1. The lowest BCUT2D eigenvalue weighted by atomic mass is 10.1. The number of benzene rings is 1. The molecule has 0 aliphatic rings. The van der Waals surface area contributed by atoms with Crippen molar-refractivity contribution in [3.05, 3.63) is 30.0 Å². The molecule has 0 radical (unpaired) electrons.